The van der Waals surface area contributed by atoms with Gasteiger partial charge in [-0.3, -0.25) is 0 Å². The van der Waals surface area contributed by atoms with Crippen LogP contribution in [0, 0.1) is 17.8 Å². The van der Waals surface area contributed by atoms with E-state index >= 15 is 0 Å². The summed E-state index contributed by atoms with van der Waals surface area (Å²) in [5, 5.41) is 0. The maximum Gasteiger partial charge on any atom is 0.242 e. The zero-order chi connectivity index (χ0) is 13.5. The van der Waals surface area contributed by atoms with Crippen LogP contribution in [-0.4, -0.2) is 19.9 Å². The first-order valence-electron chi connectivity index (χ1n) is 6.76. The minimum absolute atomic E-state index is 0.185. The molecule has 2 bridgehead atoms. The van der Waals surface area contributed by atoms with Gasteiger partial charge in [-0.2, -0.15) is 0 Å². The zero-order valence-corrected chi connectivity index (χ0v) is 11.6. The molecule has 6 heteroatoms. The molecule has 3 rings (SSSR count). The third-order valence-electron chi connectivity index (χ3n) is 4.49. The van der Waals surface area contributed by atoms with E-state index in [1.807, 2.05) is 0 Å². The normalized spacial score (nSPS) is 29.8. The van der Waals surface area contributed by atoms with Crippen LogP contribution in [0.25, 0.3) is 0 Å². The van der Waals surface area contributed by atoms with Gasteiger partial charge in [0.1, 0.15) is 10.7 Å². The van der Waals surface area contributed by atoms with Crippen LogP contribution in [0.4, 0.5) is 5.82 Å². The van der Waals surface area contributed by atoms with Crippen LogP contribution in [0.2, 0.25) is 0 Å². The minimum atomic E-state index is -3.45. The number of hydrogen-bond acceptors (Lipinski definition) is 4. The second-order valence-electron chi connectivity index (χ2n) is 5.71. The van der Waals surface area contributed by atoms with Gasteiger partial charge in [0.05, 0.1) is 0 Å². The second-order valence-corrected chi connectivity index (χ2v) is 7.47. The summed E-state index contributed by atoms with van der Waals surface area (Å²) in [5.41, 5.74) is 5.46. The average Bonchev–Trinajstić information content (AvgIpc) is 2.99. The summed E-state index contributed by atoms with van der Waals surface area (Å²) in [4.78, 5) is 4.01. The van der Waals surface area contributed by atoms with Crippen molar-refractivity contribution in [3.05, 3.63) is 18.3 Å². The summed E-state index contributed by atoms with van der Waals surface area (Å²) < 4.78 is 26.9. The van der Waals surface area contributed by atoms with Gasteiger partial charge in [0, 0.05) is 12.7 Å². The van der Waals surface area contributed by atoms with Gasteiger partial charge < -0.3 is 5.73 Å². The van der Waals surface area contributed by atoms with E-state index in [9.17, 15) is 8.42 Å². The van der Waals surface area contributed by atoms with Crippen molar-refractivity contribution in [3.63, 3.8) is 0 Å². The molecule has 0 amide bonds. The van der Waals surface area contributed by atoms with Crippen molar-refractivity contribution in [2.45, 2.75) is 30.6 Å². The van der Waals surface area contributed by atoms with Crippen molar-refractivity contribution in [2.75, 3.05) is 12.3 Å². The zero-order valence-electron chi connectivity index (χ0n) is 10.7. The monoisotopic (exact) mass is 281 g/mol. The van der Waals surface area contributed by atoms with E-state index in [0.717, 1.165) is 11.8 Å². The van der Waals surface area contributed by atoms with E-state index in [1.165, 1.54) is 44.0 Å². The molecule has 1 aromatic rings. The van der Waals surface area contributed by atoms with E-state index in [-0.39, 0.29) is 4.90 Å². The highest BCUT2D eigenvalue weighted by Crippen LogP contribution is 2.48. The van der Waals surface area contributed by atoms with Crippen LogP contribution in [0.15, 0.2) is 23.2 Å². The molecule has 1 aromatic heterocycles. The van der Waals surface area contributed by atoms with Crippen LogP contribution in [-0.2, 0) is 10.0 Å². The second kappa shape index (κ2) is 4.76. The third-order valence-corrected chi connectivity index (χ3v) is 5.90. The molecule has 5 nitrogen and oxygen atoms in total. The first kappa shape index (κ1) is 12.9. The number of sulfonamides is 1. The lowest BCUT2D eigenvalue weighted by molar-refractivity contribution is 0.333. The number of nitrogen functional groups attached to an aromatic ring is 1. The number of rotatable bonds is 4. The Morgan fingerprint density at radius 2 is 2.16 bits per heavy atom. The molecule has 2 fully saturated rings. The maximum atomic E-state index is 12.1. The Balaban J connectivity index is 1.64. The standard InChI is InChI=1S/C13H19N3O2S/c14-13-4-3-12(8-15-13)19(17,18)16-7-11-6-9-1-2-10(11)5-9/h3-4,8-11,16H,1-2,5-7H2,(H2,14,15). The fraction of sp³-hybridized carbons (Fsp3) is 0.615. The van der Waals surface area contributed by atoms with Crippen LogP contribution in [0.1, 0.15) is 25.7 Å². The Kier molecular flexibility index (Phi) is 3.22. The van der Waals surface area contributed by atoms with Crippen molar-refractivity contribution in [2.24, 2.45) is 17.8 Å². The Morgan fingerprint density at radius 3 is 2.74 bits per heavy atom. The lowest BCUT2D eigenvalue weighted by atomic mass is 9.89. The Morgan fingerprint density at radius 1 is 1.32 bits per heavy atom. The molecular weight excluding hydrogens is 262 g/mol. The molecule has 2 aliphatic carbocycles. The highest BCUT2D eigenvalue weighted by molar-refractivity contribution is 7.89. The number of nitrogens with zero attached hydrogens (tertiary/aromatic N) is 1. The number of nitrogens with one attached hydrogen (secondary N) is 1. The fourth-order valence-corrected chi connectivity index (χ4v) is 4.52. The number of anilines is 1. The van der Waals surface area contributed by atoms with Crippen molar-refractivity contribution in [3.8, 4) is 0 Å². The molecule has 2 saturated carbocycles. The third kappa shape index (κ3) is 2.60. The largest absolute Gasteiger partial charge is 0.384 e. The first-order chi connectivity index (χ1) is 9.04. The quantitative estimate of drug-likeness (QED) is 0.873. The smallest absolute Gasteiger partial charge is 0.242 e. The molecule has 0 radical (unpaired) electrons. The molecule has 3 atom stereocenters. The highest BCUT2D eigenvalue weighted by atomic mass is 32.2. The van der Waals surface area contributed by atoms with Gasteiger partial charge in [0.25, 0.3) is 0 Å². The van der Waals surface area contributed by atoms with Crippen molar-refractivity contribution in [1.29, 1.82) is 0 Å². The summed E-state index contributed by atoms with van der Waals surface area (Å²) in [6.07, 6.45) is 6.36. The van der Waals surface area contributed by atoms with E-state index in [1.54, 1.807) is 0 Å². The molecule has 2 aliphatic rings. The van der Waals surface area contributed by atoms with Gasteiger partial charge in [-0.1, -0.05) is 6.42 Å². The number of hydrogen-bond donors (Lipinski definition) is 2. The van der Waals surface area contributed by atoms with Gasteiger partial charge in [-0.05, 0) is 49.1 Å². The molecule has 1 heterocycles. The minimum Gasteiger partial charge on any atom is -0.384 e. The first-order valence-corrected chi connectivity index (χ1v) is 8.24. The van der Waals surface area contributed by atoms with Crippen molar-refractivity contribution in [1.82, 2.24) is 9.71 Å². The molecule has 104 valence electrons. The van der Waals surface area contributed by atoms with E-state index in [4.69, 9.17) is 5.73 Å². The Bertz CT molecular complexity index is 556. The predicted molar refractivity (Wildman–Crippen MR) is 72.8 cm³/mol. The highest BCUT2D eigenvalue weighted by Gasteiger charge is 2.39. The average molecular weight is 281 g/mol. The lowest BCUT2D eigenvalue weighted by Gasteiger charge is -2.21. The van der Waals surface area contributed by atoms with Crippen LogP contribution in [0.5, 0.6) is 0 Å². The van der Waals surface area contributed by atoms with Crippen LogP contribution >= 0.6 is 0 Å². The summed E-state index contributed by atoms with van der Waals surface area (Å²) in [6, 6.07) is 3.00. The van der Waals surface area contributed by atoms with Gasteiger partial charge in [-0.25, -0.2) is 18.1 Å². The van der Waals surface area contributed by atoms with Gasteiger partial charge in [0.2, 0.25) is 10.0 Å². The maximum absolute atomic E-state index is 12.1. The van der Waals surface area contributed by atoms with Crippen LogP contribution in [0.3, 0.4) is 0 Å². The molecule has 3 N–H and O–H groups in total. The van der Waals surface area contributed by atoms with Gasteiger partial charge in [0.15, 0.2) is 0 Å². The van der Waals surface area contributed by atoms with Gasteiger partial charge >= 0.3 is 0 Å². The lowest BCUT2D eigenvalue weighted by Crippen LogP contribution is -2.31. The molecule has 3 unspecified atom stereocenters. The van der Waals surface area contributed by atoms with Gasteiger partial charge in [-0.15, -0.1) is 0 Å². The number of nitrogens with two attached hydrogens (primary N) is 1. The topological polar surface area (TPSA) is 85.1 Å². The molecule has 19 heavy (non-hydrogen) atoms. The van der Waals surface area contributed by atoms with Crippen molar-refractivity contribution >= 4 is 15.8 Å². The van der Waals surface area contributed by atoms with Crippen molar-refractivity contribution < 1.29 is 8.42 Å². The number of aromatic nitrogens is 1. The predicted octanol–water partition coefficient (Wildman–Crippen LogP) is 1.38. The molecule has 0 aliphatic heterocycles. The SMILES string of the molecule is Nc1ccc(S(=O)(=O)NCC2CC3CCC2C3)cn1. The molecule has 0 saturated heterocycles. The summed E-state index contributed by atoms with van der Waals surface area (Å²) in [7, 11) is -3.45. The number of fused-ring (bicyclic) bond motifs is 2. The van der Waals surface area contributed by atoms with E-state index in [0.29, 0.717) is 18.3 Å². The van der Waals surface area contributed by atoms with E-state index < -0.39 is 10.0 Å². The summed E-state index contributed by atoms with van der Waals surface area (Å²) >= 11 is 0. The molecule has 0 spiro atoms. The summed E-state index contributed by atoms with van der Waals surface area (Å²) in [5.74, 6) is 2.39. The molecule has 0 aromatic carbocycles. The summed E-state index contributed by atoms with van der Waals surface area (Å²) in [6.45, 7) is 0.549. The Labute approximate surface area is 113 Å². The molecular formula is C13H19N3O2S. The Hall–Kier alpha value is -1.14. The fourth-order valence-electron chi connectivity index (χ4n) is 3.48. The number of pyridine rings is 1. The van der Waals surface area contributed by atoms with E-state index in [2.05, 4.69) is 9.71 Å². The van der Waals surface area contributed by atoms with Crippen LogP contribution < -0.4 is 10.5 Å².